The zero-order valence-electron chi connectivity index (χ0n) is 12.8. The van der Waals surface area contributed by atoms with Gasteiger partial charge in [0.05, 0.1) is 31.2 Å². The first-order valence-electron chi connectivity index (χ1n) is 8.35. The Bertz CT molecular complexity index is 525. The zero-order chi connectivity index (χ0) is 15.0. The number of rotatable bonds is 3. The van der Waals surface area contributed by atoms with E-state index in [0.29, 0.717) is 13.0 Å². The van der Waals surface area contributed by atoms with Crippen molar-refractivity contribution >= 4 is 22.8 Å². The van der Waals surface area contributed by atoms with Crippen molar-refractivity contribution < 1.29 is 9.53 Å². The van der Waals surface area contributed by atoms with E-state index in [1.165, 1.54) is 19.3 Å². The molecule has 4 rings (SSSR count). The molecule has 0 radical (unpaired) electrons. The van der Waals surface area contributed by atoms with Crippen LogP contribution < -0.4 is 5.32 Å². The number of carbonyl (C=O) groups excluding carboxylic acids is 1. The molecule has 120 valence electrons. The molecule has 1 spiro atoms. The first kappa shape index (κ1) is 14.6. The Morgan fingerprint density at radius 1 is 1.45 bits per heavy atom. The minimum atomic E-state index is 0.0630. The maximum Gasteiger partial charge on any atom is 0.226 e. The topological polar surface area (TPSA) is 53.9 Å². The van der Waals surface area contributed by atoms with Crippen molar-refractivity contribution in [2.75, 3.05) is 19.7 Å². The van der Waals surface area contributed by atoms with Crippen molar-refractivity contribution in [2.45, 2.75) is 56.6 Å². The molecule has 0 aromatic carbocycles. The van der Waals surface area contributed by atoms with Gasteiger partial charge in [0, 0.05) is 12.2 Å². The summed E-state index contributed by atoms with van der Waals surface area (Å²) in [6, 6.07) is 0.187. The van der Waals surface area contributed by atoms with Crippen LogP contribution in [-0.2, 0) is 9.53 Å². The summed E-state index contributed by atoms with van der Waals surface area (Å²) in [5, 5.41) is 6.29. The lowest BCUT2D eigenvalue weighted by atomic mass is 9.82. The van der Waals surface area contributed by atoms with Crippen molar-refractivity contribution in [3.63, 3.8) is 0 Å². The average molecular weight is 321 g/mol. The quantitative estimate of drug-likeness (QED) is 0.866. The molecule has 3 heterocycles. The van der Waals surface area contributed by atoms with Gasteiger partial charge in [-0.25, -0.2) is 0 Å². The zero-order valence-corrected chi connectivity index (χ0v) is 13.7. The highest BCUT2D eigenvalue weighted by molar-refractivity contribution is 8.16. The van der Waals surface area contributed by atoms with Crippen LogP contribution in [0.25, 0.3) is 0 Å². The number of ether oxygens (including phenoxy) is 1. The fraction of sp³-hybridized carbons (Fsp3) is 0.750. The smallest absolute Gasteiger partial charge is 0.226 e. The fourth-order valence-electron chi connectivity index (χ4n) is 4.04. The lowest BCUT2D eigenvalue weighted by molar-refractivity contribution is -0.121. The van der Waals surface area contributed by atoms with Crippen molar-refractivity contribution in [1.82, 2.24) is 10.2 Å². The molecular weight excluding hydrogens is 298 g/mol. The molecule has 3 aliphatic heterocycles. The lowest BCUT2D eigenvalue weighted by Crippen LogP contribution is -2.38. The number of fused-ring (bicyclic) bond motifs is 1. The highest BCUT2D eigenvalue weighted by Crippen LogP contribution is 2.39. The molecule has 1 amide bonds. The summed E-state index contributed by atoms with van der Waals surface area (Å²) in [4.78, 5) is 18.9. The van der Waals surface area contributed by atoms with Gasteiger partial charge in [-0.05, 0) is 24.7 Å². The fourth-order valence-corrected chi connectivity index (χ4v) is 4.99. The van der Waals surface area contributed by atoms with Crippen molar-refractivity contribution in [1.29, 1.82) is 0 Å². The van der Waals surface area contributed by atoms with Gasteiger partial charge in [-0.3, -0.25) is 9.79 Å². The van der Waals surface area contributed by atoms with E-state index in [2.05, 4.69) is 20.6 Å². The summed E-state index contributed by atoms with van der Waals surface area (Å²) in [7, 11) is 0. The predicted octanol–water partition coefficient (Wildman–Crippen LogP) is 2.24. The van der Waals surface area contributed by atoms with Gasteiger partial charge < -0.3 is 15.0 Å². The number of thioether (sulfide) groups is 1. The second-order valence-corrected chi connectivity index (χ2v) is 7.58. The number of nitrogens with zero attached hydrogens (tertiary/aromatic N) is 2. The number of aliphatic imine (C=N–C) groups is 1. The molecule has 1 saturated heterocycles. The van der Waals surface area contributed by atoms with Gasteiger partial charge in [0.1, 0.15) is 0 Å². The van der Waals surface area contributed by atoms with Crippen LogP contribution in [0.1, 0.15) is 44.9 Å². The Labute approximate surface area is 135 Å². The molecule has 22 heavy (non-hydrogen) atoms. The average Bonchev–Trinajstić information content (AvgIpc) is 3.19. The third-order valence-corrected chi connectivity index (χ3v) is 6.08. The van der Waals surface area contributed by atoms with Crippen LogP contribution in [0.15, 0.2) is 16.1 Å². The van der Waals surface area contributed by atoms with E-state index in [1.807, 2.05) is 0 Å². The van der Waals surface area contributed by atoms with Gasteiger partial charge in [0.2, 0.25) is 5.91 Å². The maximum atomic E-state index is 12.3. The molecule has 1 atom stereocenters. The minimum absolute atomic E-state index is 0.0630. The lowest BCUT2D eigenvalue weighted by Gasteiger charge is -2.32. The number of nitrogens with one attached hydrogen (secondary N) is 1. The molecule has 2 fully saturated rings. The summed E-state index contributed by atoms with van der Waals surface area (Å²) in [6.45, 7) is 2.44. The van der Waals surface area contributed by atoms with Crippen LogP contribution in [0.3, 0.4) is 0 Å². The van der Waals surface area contributed by atoms with Crippen LogP contribution in [0, 0.1) is 0 Å². The first-order chi connectivity index (χ1) is 10.7. The summed E-state index contributed by atoms with van der Waals surface area (Å²) in [6.07, 6.45) is 7.62. The van der Waals surface area contributed by atoms with Crippen molar-refractivity contribution in [2.24, 2.45) is 4.99 Å². The van der Waals surface area contributed by atoms with E-state index in [0.717, 1.165) is 43.2 Å². The molecule has 1 aliphatic carbocycles. The van der Waals surface area contributed by atoms with Gasteiger partial charge in [-0.15, -0.1) is 0 Å². The van der Waals surface area contributed by atoms with E-state index in [-0.39, 0.29) is 17.6 Å². The van der Waals surface area contributed by atoms with Crippen LogP contribution in [0.2, 0.25) is 0 Å². The van der Waals surface area contributed by atoms with Crippen LogP contribution >= 0.6 is 11.8 Å². The predicted molar refractivity (Wildman–Crippen MR) is 87.6 cm³/mol. The van der Waals surface area contributed by atoms with Gasteiger partial charge in [-0.2, -0.15) is 0 Å². The number of hydrogen-bond acceptors (Lipinski definition) is 5. The normalized spacial score (nSPS) is 29.5. The third kappa shape index (κ3) is 2.78. The van der Waals surface area contributed by atoms with Gasteiger partial charge in [0.15, 0.2) is 5.17 Å². The molecule has 5 nitrogen and oxygen atoms in total. The molecule has 6 heteroatoms. The molecular formula is C16H23N3O2S. The van der Waals surface area contributed by atoms with E-state index >= 15 is 0 Å². The monoisotopic (exact) mass is 321 g/mol. The summed E-state index contributed by atoms with van der Waals surface area (Å²) in [5.41, 5.74) is 1.15. The Balaban J connectivity index is 1.29. The molecule has 1 N–H and O–H groups in total. The second-order valence-electron chi connectivity index (χ2n) is 6.74. The standard InChI is InChI=1S/C16H23N3O2S/c20-14(8-13-11-22-15-17-6-7-19(13)15)18-12-9-16(21-10-12)4-2-1-3-5-16/h11-12H,1-10H2,(H,18,20)/t12-/m0/s1. The third-order valence-electron chi connectivity index (χ3n) is 5.13. The molecule has 0 aromatic heterocycles. The number of amidine groups is 1. The number of hydrogen-bond donors (Lipinski definition) is 1. The highest BCUT2D eigenvalue weighted by atomic mass is 32.2. The van der Waals surface area contributed by atoms with Crippen molar-refractivity contribution in [3.05, 3.63) is 11.1 Å². The van der Waals surface area contributed by atoms with Crippen LogP contribution in [0.5, 0.6) is 0 Å². The van der Waals surface area contributed by atoms with Gasteiger partial charge in [-0.1, -0.05) is 31.0 Å². The maximum absolute atomic E-state index is 12.3. The molecule has 0 bridgehead atoms. The Morgan fingerprint density at radius 3 is 3.18 bits per heavy atom. The summed E-state index contributed by atoms with van der Waals surface area (Å²) in [5.74, 6) is 0.112. The first-order valence-corrected chi connectivity index (χ1v) is 9.23. The Hall–Kier alpha value is -1.01. The summed E-state index contributed by atoms with van der Waals surface area (Å²) >= 11 is 1.63. The Morgan fingerprint density at radius 2 is 2.32 bits per heavy atom. The van der Waals surface area contributed by atoms with Crippen LogP contribution in [-0.4, -0.2) is 47.3 Å². The van der Waals surface area contributed by atoms with Crippen LogP contribution in [0.4, 0.5) is 0 Å². The molecule has 4 aliphatic rings. The van der Waals surface area contributed by atoms with Gasteiger partial charge >= 0.3 is 0 Å². The SMILES string of the molecule is O=C(CC1=CSC2=NCCN12)N[C@@H]1COC2(CCCCC2)C1. The van der Waals surface area contributed by atoms with E-state index in [9.17, 15) is 4.79 Å². The molecule has 1 saturated carbocycles. The second kappa shape index (κ2) is 5.89. The minimum Gasteiger partial charge on any atom is -0.373 e. The van der Waals surface area contributed by atoms with E-state index in [4.69, 9.17) is 4.74 Å². The van der Waals surface area contributed by atoms with E-state index in [1.54, 1.807) is 11.8 Å². The van der Waals surface area contributed by atoms with Crippen molar-refractivity contribution in [3.8, 4) is 0 Å². The summed E-state index contributed by atoms with van der Waals surface area (Å²) < 4.78 is 6.07. The molecule has 0 aromatic rings. The Kier molecular flexibility index (Phi) is 3.90. The number of amides is 1. The molecule has 0 unspecified atom stereocenters. The van der Waals surface area contributed by atoms with E-state index < -0.39 is 0 Å². The largest absolute Gasteiger partial charge is 0.373 e. The number of carbonyl (C=O) groups is 1. The highest BCUT2D eigenvalue weighted by Gasteiger charge is 2.41. The van der Waals surface area contributed by atoms with Gasteiger partial charge in [0.25, 0.3) is 0 Å².